The number of hydrogen-bond acceptors (Lipinski definition) is 3. The lowest BCUT2D eigenvalue weighted by Crippen LogP contribution is -2.18. The van der Waals surface area contributed by atoms with E-state index in [9.17, 15) is 9.90 Å². The van der Waals surface area contributed by atoms with Crippen molar-refractivity contribution in [2.75, 3.05) is 11.9 Å². The number of anilines is 1. The van der Waals surface area contributed by atoms with Crippen molar-refractivity contribution < 1.29 is 14.6 Å². The van der Waals surface area contributed by atoms with E-state index in [4.69, 9.17) is 4.74 Å². The minimum atomic E-state index is -0.475. The zero-order valence-electron chi connectivity index (χ0n) is 16.1. The molecule has 29 heavy (non-hydrogen) atoms. The highest BCUT2D eigenvalue weighted by Crippen LogP contribution is 2.44. The molecule has 0 radical (unpaired) electrons. The van der Waals surface area contributed by atoms with Gasteiger partial charge in [-0.05, 0) is 64.8 Å². The first-order chi connectivity index (χ1) is 14.2. The molecule has 5 rings (SSSR count). The van der Waals surface area contributed by atoms with Crippen molar-refractivity contribution in [1.29, 1.82) is 0 Å². The predicted octanol–water partition coefficient (Wildman–Crippen LogP) is 5.42. The Kier molecular flexibility index (Phi) is 4.57. The van der Waals surface area contributed by atoms with Crippen molar-refractivity contribution >= 4 is 11.8 Å². The van der Waals surface area contributed by atoms with Gasteiger partial charge in [0, 0.05) is 11.6 Å². The zero-order chi connectivity index (χ0) is 19.8. The Balaban J connectivity index is 1.30. The number of aryl methyl sites for hydroxylation is 1. The maximum atomic E-state index is 12.4. The van der Waals surface area contributed by atoms with E-state index in [0.717, 1.165) is 30.4 Å². The highest BCUT2D eigenvalue weighted by Gasteiger charge is 2.29. The Morgan fingerprint density at radius 1 is 0.966 bits per heavy atom. The second-order valence-electron chi connectivity index (χ2n) is 7.77. The summed E-state index contributed by atoms with van der Waals surface area (Å²) in [5, 5.41) is 13.0. The van der Waals surface area contributed by atoms with Crippen LogP contribution in [0.2, 0.25) is 0 Å². The predicted molar refractivity (Wildman–Crippen MR) is 113 cm³/mol. The third-order valence-corrected chi connectivity index (χ3v) is 6.02. The lowest BCUT2D eigenvalue weighted by atomic mass is 9.89. The fourth-order valence-electron chi connectivity index (χ4n) is 4.60. The van der Waals surface area contributed by atoms with Gasteiger partial charge in [-0.1, -0.05) is 54.6 Å². The van der Waals surface area contributed by atoms with Gasteiger partial charge in [0.05, 0.1) is 6.10 Å². The molecule has 3 aromatic rings. The van der Waals surface area contributed by atoms with E-state index >= 15 is 0 Å². The van der Waals surface area contributed by atoms with Gasteiger partial charge in [0.15, 0.2) is 0 Å². The van der Waals surface area contributed by atoms with E-state index in [2.05, 4.69) is 29.6 Å². The molecule has 2 aliphatic rings. The van der Waals surface area contributed by atoms with E-state index in [1.54, 1.807) is 0 Å². The number of hydrogen-bond donors (Lipinski definition) is 2. The number of ether oxygens (including phenoxy) is 1. The molecular formula is C25H23NO3. The number of aliphatic hydroxyl groups excluding tert-OH is 1. The Morgan fingerprint density at radius 2 is 1.66 bits per heavy atom. The van der Waals surface area contributed by atoms with Crippen molar-refractivity contribution in [3.63, 3.8) is 0 Å². The first-order valence-electron chi connectivity index (χ1n) is 10.1. The normalized spacial score (nSPS) is 17.2. The standard InChI is InChI=1S/C25H23NO3/c27-24-11-5-6-16-12-13-17(14-22(16)24)26-25(28)29-15-23-20-9-3-1-7-18(20)19-8-2-4-10-21(19)23/h1-4,7-10,12-14,23-24,27H,5-6,11,15H2,(H,26,28). The highest BCUT2D eigenvalue weighted by molar-refractivity contribution is 5.85. The zero-order valence-corrected chi connectivity index (χ0v) is 16.1. The third-order valence-electron chi connectivity index (χ3n) is 6.02. The molecule has 0 spiro atoms. The molecule has 0 aromatic heterocycles. The van der Waals surface area contributed by atoms with Crippen LogP contribution in [0.25, 0.3) is 11.1 Å². The average Bonchev–Trinajstić information content (AvgIpc) is 3.07. The number of nitrogens with one attached hydrogen (secondary N) is 1. The van der Waals surface area contributed by atoms with Gasteiger partial charge in [0.2, 0.25) is 0 Å². The van der Waals surface area contributed by atoms with E-state index in [1.807, 2.05) is 42.5 Å². The molecule has 1 atom stereocenters. The molecule has 4 heteroatoms. The number of aliphatic hydroxyl groups is 1. The number of carbonyl (C=O) groups excluding carboxylic acids is 1. The summed E-state index contributed by atoms with van der Waals surface area (Å²) in [6.07, 6.45) is 1.80. The van der Waals surface area contributed by atoms with Crippen molar-refractivity contribution in [1.82, 2.24) is 0 Å². The summed E-state index contributed by atoms with van der Waals surface area (Å²) < 4.78 is 5.60. The van der Waals surface area contributed by atoms with Gasteiger partial charge in [-0.25, -0.2) is 4.79 Å². The van der Waals surface area contributed by atoms with Gasteiger partial charge in [0.1, 0.15) is 6.61 Å². The number of rotatable bonds is 3. The molecule has 1 unspecified atom stereocenters. The van der Waals surface area contributed by atoms with Crippen LogP contribution in [0.1, 0.15) is 47.1 Å². The van der Waals surface area contributed by atoms with Gasteiger partial charge < -0.3 is 9.84 Å². The molecule has 0 heterocycles. The van der Waals surface area contributed by atoms with Gasteiger partial charge in [0.25, 0.3) is 0 Å². The molecule has 0 aliphatic heterocycles. The van der Waals surface area contributed by atoms with Crippen LogP contribution in [0.15, 0.2) is 66.7 Å². The van der Waals surface area contributed by atoms with Gasteiger partial charge in [-0.2, -0.15) is 0 Å². The van der Waals surface area contributed by atoms with Gasteiger partial charge in [-0.15, -0.1) is 0 Å². The summed E-state index contributed by atoms with van der Waals surface area (Å²) in [7, 11) is 0. The van der Waals surface area contributed by atoms with Crippen LogP contribution in [0.5, 0.6) is 0 Å². The summed E-state index contributed by atoms with van der Waals surface area (Å²) in [5.74, 6) is 0.0403. The number of fused-ring (bicyclic) bond motifs is 4. The monoisotopic (exact) mass is 385 g/mol. The number of benzene rings is 3. The molecule has 2 N–H and O–H groups in total. The average molecular weight is 385 g/mol. The van der Waals surface area contributed by atoms with Gasteiger partial charge in [-0.3, -0.25) is 5.32 Å². The molecule has 2 aliphatic carbocycles. The van der Waals surface area contributed by atoms with E-state index in [-0.39, 0.29) is 12.5 Å². The summed E-state index contributed by atoms with van der Waals surface area (Å²) in [6.45, 7) is 0.285. The molecular weight excluding hydrogens is 362 g/mol. The second-order valence-corrected chi connectivity index (χ2v) is 7.77. The van der Waals surface area contributed by atoms with Crippen LogP contribution in [0.3, 0.4) is 0 Å². The Hall–Kier alpha value is -3.11. The van der Waals surface area contributed by atoms with E-state index < -0.39 is 12.2 Å². The largest absolute Gasteiger partial charge is 0.448 e. The van der Waals surface area contributed by atoms with Crippen LogP contribution >= 0.6 is 0 Å². The summed E-state index contributed by atoms with van der Waals surface area (Å²) in [5.41, 5.74) is 7.52. The quantitative estimate of drug-likeness (QED) is 0.633. The molecule has 3 aromatic carbocycles. The number of amides is 1. The lowest BCUT2D eigenvalue weighted by molar-refractivity contribution is 0.155. The molecule has 0 bridgehead atoms. The van der Waals surface area contributed by atoms with Crippen molar-refractivity contribution in [3.05, 3.63) is 89.0 Å². The molecule has 0 fully saturated rings. The minimum Gasteiger partial charge on any atom is -0.448 e. The van der Waals surface area contributed by atoms with Crippen molar-refractivity contribution in [2.45, 2.75) is 31.3 Å². The maximum absolute atomic E-state index is 12.4. The first-order valence-corrected chi connectivity index (χ1v) is 10.1. The van der Waals surface area contributed by atoms with Crippen LogP contribution in [-0.4, -0.2) is 17.8 Å². The molecule has 1 amide bonds. The summed E-state index contributed by atoms with van der Waals surface area (Å²) >= 11 is 0. The summed E-state index contributed by atoms with van der Waals surface area (Å²) in [6, 6.07) is 22.3. The maximum Gasteiger partial charge on any atom is 0.411 e. The van der Waals surface area contributed by atoms with E-state index in [1.165, 1.54) is 22.3 Å². The third kappa shape index (κ3) is 3.30. The molecule has 146 valence electrons. The Bertz CT molecular complexity index is 1030. The van der Waals surface area contributed by atoms with Crippen molar-refractivity contribution in [2.24, 2.45) is 0 Å². The molecule has 4 nitrogen and oxygen atoms in total. The number of carbonyl (C=O) groups is 1. The minimum absolute atomic E-state index is 0.0403. The van der Waals surface area contributed by atoms with Crippen molar-refractivity contribution in [3.8, 4) is 11.1 Å². The lowest BCUT2D eigenvalue weighted by Gasteiger charge is -2.22. The van der Waals surface area contributed by atoms with Crippen LogP contribution in [0, 0.1) is 0 Å². The molecule has 0 saturated heterocycles. The van der Waals surface area contributed by atoms with Crippen LogP contribution in [-0.2, 0) is 11.2 Å². The second kappa shape index (κ2) is 7.37. The Labute approximate surface area is 170 Å². The van der Waals surface area contributed by atoms with E-state index in [0.29, 0.717) is 5.69 Å². The molecule has 0 saturated carbocycles. The SMILES string of the molecule is O=C(Nc1ccc2c(c1)C(O)CCC2)OCC1c2ccccc2-c2ccccc21. The topological polar surface area (TPSA) is 58.6 Å². The smallest absolute Gasteiger partial charge is 0.411 e. The van der Waals surface area contributed by atoms with Crippen LogP contribution in [0.4, 0.5) is 10.5 Å². The fraction of sp³-hybridized carbons (Fsp3) is 0.240. The first kappa shape index (κ1) is 18.0. The van der Waals surface area contributed by atoms with Crippen LogP contribution < -0.4 is 5.32 Å². The Morgan fingerprint density at radius 3 is 2.38 bits per heavy atom. The fourth-order valence-corrected chi connectivity index (χ4v) is 4.60. The highest BCUT2D eigenvalue weighted by atomic mass is 16.5. The summed E-state index contributed by atoms with van der Waals surface area (Å²) in [4.78, 5) is 12.4. The van der Waals surface area contributed by atoms with Gasteiger partial charge >= 0.3 is 6.09 Å².